The van der Waals surface area contributed by atoms with Crippen molar-refractivity contribution in [3.63, 3.8) is 0 Å². The number of aryl methyl sites for hydroxylation is 1. The summed E-state index contributed by atoms with van der Waals surface area (Å²) >= 11 is 1.65. The summed E-state index contributed by atoms with van der Waals surface area (Å²) in [5.74, 6) is 0.268. The molecule has 142 valence electrons. The standard InChI is InChI=1S/C22H26N2O2S/c25-17-10-6-7-15(13-17)14-23-22-20(18-11-4-5-12-19(18)27-22)21(26)24-16-8-2-1-3-9-16/h6-7,10,13-14,16,25H,1-5,8-9,11-12H2,(H,24,26)/b23-14+. The molecule has 0 radical (unpaired) electrons. The number of aromatic hydroxyl groups is 1. The van der Waals surface area contributed by atoms with Gasteiger partial charge in [-0.3, -0.25) is 4.79 Å². The van der Waals surface area contributed by atoms with Gasteiger partial charge in [-0.1, -0.05) is 31.4 Å². The summed E-state index contributed by atoms with van der Waals surface area (Å²) in [5, 5.41) is 13.7. The molecule has 27 heavy (non-hydrogen) atoms. The molecular formula is C22H26N2O2S. The van der Waals surface area contributed by atoms with E-state index in [-0.39, 0.29) is 11.7 Å². The SMILES string of the molecule is O=C(NC1CCCCC1)c1c(/N=C/c2cccc(O)c2)sc2c1CCCC2. The molecule has 5 heteroatoms. The first kappa shape index (κ1) is 18.2. The number of nitrogens with zero attached hydrogens (tertiary/aromatic N) is 1. The first-order valence-corrected chi connectivity index (χ1v) is 10.8. The highest BCUT2D eigenvalue weighted by molar-refractivity contribution is 7.16. The Balaban J connectivity index is 1.62. The Bertz CT molecular complexity index is 850. The minimum absolute atomic E-state index is 0.0457. The van der Waals surface area contributed by atoms with Gasteiger partial charge in [0.25, 0.3) is 5.91 Å². The second kappa shape index (κ2) is 8.26. The van der Waals surface area contributed by atoms with E-state index in [1.54, 1.807) is 35.8 Å². The van der Waals surface area contributed by atoms with Crippen LogP contribution in [0.25, 0.3) is 0 Å². The maximum Gasteiger partial charge on any atom is 0.254 e. The number of carbonyl (C=O) groups excluding carboxylic acids is 1. The van der Waals surface area contributed by atoms with Crippen LogP contribution in [0.1, 0.15) is 71.3 Å². The van der Waals surface area contributed by atoms with E-state index in [0.29, 0.717) is 6.04 Å². The largest absolute Gasteiger partial charge is 0.508 e. The lowest BCUT2D eigenvalue weighted by molar-refractivity contribution is 0.0927. The molecule has 0 unspecified atom stereocenters. The number of carbonyl (C=O) groups is 1. The minimum atomic E-state index is 0.0457. The Labute approximate surface area is 164 Å². The molecule has 1 aromatic carbocycles. The van der Waals surface area contributed by atoms with Crippen molar-refractivity contribution in [1.82, 2.24) is 5.32 Å². The quantitative estimate of drug-likeness (QED) is 0.719. The Hall–Kier alpha value is -2.14. The number of phenolic OH excluding ortho intramolecular Hbond substituents is 1. The van der Waals surface area contributed by atoms with Crippen LogP contribution in [-0.4, -0.2) is 23.3 Å². The zero-order valence-corrected chi connectivity index (χ0v) is 16.4. The third-order valence-corrected chi connectivity index (χ3v) is 6.72. The number of nitrogens with one attached hydrogen (secondary N) is 1. The smallest absolute Gasteiger partial charge is 0.254 e. The van der Waals surface area contributed by atoms with Crippen LogP contribution < -0.4 is 5.32 Å². The van der Waals surface area contributed by atoms with Crippen LogP contribution >= 0.6 is 11.3 Å². The van der Waals surface area contributed by atoms with Gasteiger partial charge in [0, 0.05) is 17.1 Å². The van der Waals surface area contributed by atoms with Gasteiger partial charge < -0.3 is 10.4 Å². The molecule has 0 aliphatic heterocycles. The van der Waals surface area contributed by atoms with Gasteiger partial charge in [0.1, 0.15) is 10.8 Å². The first-order valence-electron chi connectivity index (χ1n) is 9.99. The summed E-state index contributed by atoms with van der Waals surface area (Å²) in [4.78, 5) is 19.1. The van der Waals surface area contributed by atoms with Gasteiger partial charge in [-0.15, -0.1) is 11.3 Å². The highest BCUT2D eigenvalue weighted by Gasteiger charge is 2.27. The fourth-order valence-electron chi connectivity index (χ4n) is 4.12. The molecule has 0 atom stereocenters. The fourth-order valence-corrected chi connectivity index (χ4v) is 5.35. The predicted octanol–water partition coefficient (Wildman–Crippen LogP) is 5.15. The molecule has 2 aliphatic carbocycles. The Morgan fingerprint density at radius 1 is 1.15 bits per heavy atom. The van der Waals surface area contributed by atoms with Crippen LogP contribution in [0.4, 0.5) is 5.00 Å². The van der Waals surface area contributed by atoms with E-state index < -0.39 is 0 Å². The Kier molecular flexibility index (Phi) is 5.58. The molecule has 0 spiro atoms. The molecule has 0 bridgehead atoms. The maximum absolute atomic E-state index is 13.1. The summed E-state index contributed by atoms with van der Waals surface area (Å²) in [7, 11) is 0. The van der Waals surface area contributed by atoms with E-state index in [2.05, 4.69) is 10.3 Å². The zero-order chi connectivity index (χ0) is 18.6. The van der Waals surface area contributed by atoms with Crippen LogP contribution in [0.15, 0.2) is 29.3 Å². The average Bonchev–Trinajstić information content (AvgIpc) is 3.06. The number of hydrogen-bond donors (Lipinski definition) is 2. The summed E-state index contributed by atoms with van der Waals surface area (Å²) in [5.41, 5.74) is 2.83. The van der Waals surface area contributed by atoms with E-state index in [0.717, 1.165) is 48.2 Å². The second-order valence-corrected chi connectivity index (χ2v) is 8.64. The van der Waals surface area contributed by atoms with Gasteiger partial charge in [-0.25, -0.2) is 4.99 Å². The van der Waals surface area contributed by atoms with Crippen molar-refractivity contribution in [3.8, 4) is 5.75 Å². The van der Waals surface area contributed by atoms with Crippen molar-refractivity contribution >= 4 is 28.5 Å². The lowest BCUT2D eigenvalue weighted by atomic mass is 9.93. The number of fused-ring (bicyclic) bond motifs is 1. The minimum Gasteiger partial charge on any atom is -0.508 e. The molecule has 2 aliphatic rings. The van der Waals surface area contributed by atoms with E-state index in [1.807, 2.05) is 6.07 Å². The van der Waals surface area contributed by atoms with Gasteiger partial charge in [0.2, 0.25) is 0 Å². The number of hydrogen-bond acceptors (Lipinski definition) is 4. The first-order chi connectivity index (χ1) is 13.2. The number of aliphatic imine (C=N–C) groups is 1. The average molecular weight is 383 g/mol. The molecule has 1 heterocycles. The lowest BCUT2D eigenvalue weighted by Gasteiger charge is -2.23. The molecule has 2 aromatic rings. The van der Waals surface area contributed by atoms with Crippen LogP contribution in [0, 0.1) is 0 Å². The molecule has 0 saturated heterocycles. The normalized spacial score (nSPS) is 17.8. The topological polar surface area (TPSA) is 61.7 Å². The molecule has 4 nitrogen and oxygen atoms in total. The van der Waals surface area contributed by atoms with Crippen molar-refractivity contribution in [2.24, 2.45) is 4.99 Å². The number of phenols is 1. The number of amides is 1. The van der Waals surface area contributed by atoms with Gasteiger partial charge >= 0.3 is 0 Å². The maximum atomic E-state index is 13.1. The van der Waals surface area contributed by atoms with Crippen LogP contribution in [0.3, 0.4) is 0 Å². The van der Waals surface area contributed by atoms with Gasteiger partial charge in [-0.2, -0.15) is 0 Å². The van der Waals surface area contributed by atoms with Gasteiger partial charge in [-0.05, 0) is 61.8 Å². The third-order valence-electron chi connectivity index (χ3n) is 5.52. The summed E-state index contributed by atoms with van der Waals surface area (Å²) < 4.78 is 0. The molecular weight excluding hydrogens is 356 g/mol. The number of benzene rings is 1. The van der Waals surface area contributed by atoms with Crippen molar-refractivity contribution < 1.29 is 9.90 Å². The molecule has 1 aromatic heterocycles. The molecule has 1 saturated carbocycles. The van der Waals surface area contributed by atoms with Gasteiger partial charge in [0.15, 0.2) is 0 Å². The molecule has 1 fully saturated rings. The monoisotopic (exact) mass is 382 g/mol. The second-order valence-electron chi connectivity index (χ2n) is 7.55. The van der Waals surface area contributed by atoms with Gasteiger partial charge in [0.05, 0.1) is 5.56 Å². The molecule has 4 rings (SSSR count). The summed E-state index contributed by atoms with van der Waals surface area (Å²) in [6.07, 6.45) is 11.9. The molecule has 1 amide bonds. The predicted molar refractivity (Wildman–Crippen MR) is 111 cm³/mol. The van der Waals surface area contributed by atoms with E-state index >= 15 is 0 Å². The Morgan fingerprint density at radius 2 is 1.96 bits per heavy atom. The molecule has 2 N–H and O–H groups in total. The van der Waals surface area contributed by atoms with Crippen LogP contribution in [0.5, 0.6) is 5.75 Å². The highest BCUT2D eigenvalue weighted by atomic mass is 32.1. The fraction of sp³-hybridized carbons (Fsp3) is 0.455. The summed E-state index contributed by atoms with van der Waals surface area (Å²) in [6, 6.07) is 7.32. The van der Waals surface area contributed by atoms with E-state index in [4.69, 9.17) is 0 Å². The van der Waals surface area contributed by atoms with Crippen molar-refractivity contribution in [3.05, 3.63) is 45.8 Å². The van der Waals surface area contributed by atoms with Crippen molar-refractivity contribution in [2.45, 2.75) is 63.8 Å². The number of thiophene rings is 1. The van der Waals surface area contributed by atoms with Crippen LogP contribution in [0.2, 0.25) is 0 Å². The summed E-state index contributed by atoms with van der Waals surface area (Å²) in [6.45, 7) is 0. The van der Waals surface area contributed by atoms with E-state index in [1.165, 1.54) is 36.1 Å². The highest BCUT2D eigenvalue weighted by Crippen LogP contribution is 2.40. The van der Waals surface area contributed by atoms with Crippen molar-refractivity contribution in [2.75, 3.05) is 0 Å². The Morgan fingerprint density at radius 3 is 2.78 bits per heavy atom. The third kappa shape index (κ3) is 4.24. The van der Waals surface area contributed by atoms with Crippen LogP contribution in [-0.2, 0) is 12.8 Å². The number of rotatable bonds is 4. The van der Waals surface area contributed by atoms with E-state index in [9.17, 15) is 9.90 Å². The zero-order valence-electron chi connectivity index (χ0n) is 15.5. The lowest BCUT2D eigenvalue weighted by Crippen LogP contribution is -2.36. The van der Waals surface area contributed by atoms with Crippen molar-refractivity contribution in [1.29, 1.82) is 0 Å².